The van der Waals surface area contributed by atoms with Crippen LogP contribution in [-0.2, 0) is 16.0 Å². The highest BCUT2D eigenvalue weighted by Gasteiger charge is 2.56. The summed E-state index contributed by atoms with van der Waals surface area (Å²) < 4.78 is 5.94. The Labute approximate surface area is 190 Å². The van der Waals surface area contributed by atoms with Crippen molar-refractivity contribution in [2.75, 3.05) is 13.2 Å². The van der Waals surface area contributed by atoms with E-state index in [-0.39, 0.29) is 12.0 Å². The van der Waals surface area contributed by atoms with E-state index in [1.165, 1.54) is 44.1 Å². The summed E-state index contributed by atoms with van der Waals surface area (Å²) in [6, 6.07) is 6.22. The van der Waals surface area contributed by atoms with E-state index < -0.39 is 5.79 Å². The van der Waals surface area contributed by atoms with Crippen LogP contribution in [0.15, 0.2) is 18.2 Å². The summed E-state index contributed by atoms with van der Waals surface area (Å²) in [7, 11) is 0. The smallest absolute Gasteiger partial charge is 0.207 e. The van der Waals surface area contributed by atoms with Gasteiger partial charge in [0.2, 0.25) is 6.41 Å². The monoisotopic (exact) mass is 439 g/mol. The summed E-state index contributed by atoms with van der Waals surface area (Å²) in [4.78, 5) is 10.8. The van der Waals surface area contributed by atoms with Crippen molar-refractivity contribution in [3.8, 4) is 0 Å². The third-order valence-electron chi connectivity index (χ3n) is 9.92. The summed E-state index contributed by atoms with van der Waals surface area (Å²) in [6.07, 6.45) is 12.1. The van der Waals surface area contributed by atoms with Crippen molar-refractivity contribution >= 4 is 6.41 Å². The van der Waals surface area contributed by atoms with Crippen LogP contribution < -0.4 is 5.32 Å². The van der Waals surface area contributed by atoms with Crippen LogP contribution >= 0.6 is 0 Å². The molecule has 4 bridgehead atoms. The highest BCUT2D eigenvalue weighted by Crippen LogP contribution is 2.65. The van der Waals surface area contributed by atoms with Gasteiger partial charge in [0.05, 0.1) is 6.61 Å². The molecule has 0 spiro atoms. The number of carbonyl (C=O) groups excluding carboxylic acids is 1. The average molecular weight is 440 g/mol. The molecule has 1 aromatic carbocycles. The topological polar surface area (TPSA) is 78.8 Å². The van der Waals surface area contributed by atoms with Crippen molar-refractivity contribution in [2.45, 2.75) is 82.0 Å². The zero-order chi connectivity index (χ0) is 21.9. The van der Waals surface area contributed by atoms with E-state index in [0.717, 1.165) is 48.1 Å². The minimum absolute atomic E-state index is 0.168. The third kappa shape index (κ3) is 3.43. The van der Waals surface area contributed by atoms with Crippen molar-refractivity contribution in [1.29, 1.82) is 0 Å². The SMILES string of the molecule is O=CNCC1OCCc2c1cccc2C1CC(C23CC4CC(CC(C4)C2)C3)CCC1(O)O. The molecule has 32 heavy (non-hydrogen) atoms. The molecule has 5 aliphatic carbocycles. The molecule has 1 aliphatic heterocycles. The number of ether oxygens (including phenoxy) is 1. The lowest BCUT2D eigenvalue weighted by Gasteiger charge is -2.61. The summed E-state index contributed by atoms with van der Waals surface area (Å²) in [5.41, 5.74) is 3.84. The van der Waals surface area contributed by atoms with Gasteiger partial charge in [-0.05, 0) is 104 Å². The van der Waals surface area contributed by atoms with Gasteiger partial charge in [0, 0.05) is 18.9 Å². The van der Waals surface area contributed by atoms with Gasteiger partial charge in [0.25, 0.3) is 0 Å². The molecule has 3 atom stereocenters. The molecule has 1 amide bonds. The Balaban J connectivity index is 1.31. The van der Waals surface area contributed by atoms with E-state index in [0.29, 0.717) is 37.3 Å². The lowest BCUT2D eigenvalue weighted by atomic mass is 9.44. The number of hydrogen-bond donors (Lipinski definition) is 3. The van der Waals surface area contributed by atoms with Gasteiger partial charge < -0.3 is 20.3 Å². The number of hydrogen-bond acceptors (Lipinski definition) is 4. The third-order valence-corrected chi connectivity index (χ3v) is 9.92. The molecule has 0 radical (unpaired) electrons. The van der Waals surface area contributed by atoms with E-state index in [9.17, 15) is 15.0 Å². The Morgan fingerprint density at radius 1 is 1.03 bits per heavy atom. The summed E-state index contributed by atoms with van der Waals surface area (Å²) in [6.45, 7) is 1.05. The van der Waals surface area contributed by atoms with Gasteiger partial charge in [-0.25, -0.2) is 0 Å². The molecule has 1 heterocycles. The van der Waals surface area contributed by atoms with Gasteiger partial charge >= 0.3 is 0 Å². The number of nitrogens with one attached hydrogen (secondary N) is 1. The maximum Gasteiger partial charge on any atom is 0.207 e. The lowest BCUT2D eigenvalue weighted by Crippen LogP contribution is -2.53. The second-order valence-corrected chi connectivity index (χ2v) is 11.7. The molecule has 5 heteroatoms. The fraction of sp³-hybridized carbons (Fsp3) is 0.741. The number of rotatable bonds is 5. The van der Waals surface area contributed by atoms with Gasteiger partial charge in [-0.15, -0.1) is 0 Å². The maximum absolute atomic E-state index is 11.2. The first-order valence-corrected chi connectivity index (χ1v) is 12.8. The minimum atomic E-state index is -1.65. The first kappa shape index (κ1) is 21.1. The Kier molecular flexibility index (Phi) is 5.16. The fourth-order valence-corrected chi connectivity index (χ4v) is 9.02. The largest absolute Gasteiger partial charge is 0.371 e. The van der Waals surface area contributed by atoms with Crippen LogP contribution in [0.4, 0.5) is 0 Å². The van der Waals surface area contributed by atoms with E-state index in [2.05, 4.69) is 17.4 Å². The summed E-state index contributed by atoms with van der Waals surface area (Å²) in [5.74, 6) is 1.45. The normalized spacial score (nSPS) is 41.8. The first-order chi connectivity index (χ1) is 15.5. The minimum Gasteiger partial charge on any atom is -0.371 e. The van der Waals surface area contributed by atoms with E-state index in [1.807, 2.05) is 6.07 Å². The second-order valence-electron chi connectivity index (χ2n) is 11.7. The Morgan fingerprint density at radius 3 is 2.41 bits per heavy atom. The van der Waals surface area contributed by atoms with Crippen LogP contribution in [0, 0.1) is 29.1 Å². The predicted molar refractivity (Wildman–Crippen MR) is 121 cm³/mol. The second kappa shape index (κ2) is 7.82. The number of benzene rings is 1. The predicted octanol–water partition coefficient (Wildman–Crippen LogP) is 3.83. The fourth-order valence-electron chi connectivity index (χ4n) is 9.02. The molecule has 5 fully saturated rings. The molecule has 5 nitrogen and oxygen atoms in total. The van der Waals surface area contributed by atoms with E-state index in [4.69, 9.17) is 4.74 Å². The summed E-state index contributed by atoms with van der Waals surface area (Å²) >= 11 is 0. The molecule has 3 unspecified atom stereocenters. The molecule has 5 saturated carbocycles. The van der Waals surface area contributed by atoms with Crippen LogP contribution in [0.25, 0.3) is 0 Å². The standard InChI is InChI=1S/C27H37NO4/c29-16-28-15-25-23-3-1-2-22(21(23)5-7-32-25)24-11-20(4-6-27(24,30)31)26-12-17-8-18(13-26)10-19(9-17)14-26/h1-3,16-20,24-25,30-31H,4-15H2,(H,28,29). The van der Waals surface area contributed by atoms with Gasteiger partial charge in [0.15, 0.2) is 5.79 Å². The maximum atomic E-state index is 11.2. The highest BCUT2D eigenvalue weighted by atomic mass is 16.5. The molecule has 1 aromatic rings. The van der Waals surface area contributed by atoms with Crippen molar-refractivity contribution in [3.63, 3.8) is 0 Å². The van der Waals surface area contributed by atoms with E-state index >= 15 is 0 Å². The molecule has 7 rings (SSSR count). The number of aliphatic hydroxyl groups is 2. The molecular formula is C27H37NO4. The number of fused-ring (bicyclic) bond motifs is 1. The van der Waals surface area contributed by atoms with Crippen molar-refractivity contribution < 1.29 is 19.7 Å². The van der Waals surface area contributed by atoms with Gasteiger partial charge in [-0.1, -0.05) is 18.2 Å². The van der Waals surface area contributed by atoms with Crippen molar-refractivity contribution in [1.82, 2.24) is 5.32 Å². The highest BCUT2D eigenvalue weighted by molar-refractivity contribution is 5.47. The Hall–Kier alpha value is -1.43. The van der Waals surface area contributed by atoms with Gasteiger partial charge in [-0.2, -0.15) is 0 Å². The Bertz CT molecular complexity index is 845. The van der Waals surface area contributed by atoms with E-state index in [1.54, 1.807) is 0 Å². The number of amides is 1. The van der Waals surface area contributed by atoms with Crippen LogP contribution in [0.1, 0.15) is 86.5 Å². The molecular weight excluding hydrogens is 402 g/mol. The van der Waals surface area contributed by atoms with Crippen molar-refractivity contribution in [2.24, 2.45) is 29.1 Å². The quantitative estimate of drug-likeness (QED) is 0.481. The van der Waals surface area contributed by atoms with Crippen LogP contribution in [0.3, 0.4) is 0 Å². The molecule has 0 saturated heterocycles. The van der Waals surface area contributed by atoms with Crippen molar-refractivity contribution in [3.05, 3.63) is 34.9 Å². The summed E-state index contributed by atoms with van der Waals surface area (Å²) in [5, 5.41) is 25.1. The molecule has 174 valence electrons. The zero-order valence-electron chi connectivity index (χ0n) is 19.0. The van der Waals surface area contributed by atoms with Crippen LogP contribution in [-0.4, -0.2) is 35.6 Å². The molecule has 3 N–H and O–H groups in total. The van der Waals surface area contributed by atoms with Gasteiger partial charge in [-0.3, -0.25) is 4.79 Å². The average Bonchev–Trinajstić information content (AvgIpc) is 2.76. The van der Waals surface area contributed by atoms with Gasteiger partial charge in [0.1, 0.15) is 6.10 Å². The zero-order valence-corrected chi connectivity index (χ0v) is 19.0. The Morgan fingerprint density at radius 2 is 1.72 bits per heavy atom. The van der Waals surface area contributed by atoms with Crippen LogP contribution in [0.2, 0.25) is 0 Å². The first-order valence-electron chi connectivity index (χ1n) is 12.8. The molecule has 0 aromatic heterocycles. The number of carbonyl (C=O) groups is 1. The molecule has 6 aliphatic rings. The lowest BCUT2D eigenvalue weighted by molar-refractivity contribution is -0.215. The van der Waals surface area contributed by atoms with Crippen LogP contribution in [0.5, 0.6) is 0 Å².